The van der Waals surface area contributed by atoms with Crippen molar-refractivity contribution < 1.29 is 9.15 Å². The molecular weight excluding hydrogens is 448 g/mol. The highest BCUT2D eigenvalue weighted by atomic mass is 32.1. The lowest BCUT2D eigenvalue weighted by Gasteiger charge is -2.21. The highest BCUT2D eigenvalue weighted by Crippen LogP contribution is 2.48. The molecule has 8 rings (SSSR count). The third kappa shape index (κ3) is 2.82. The molecule has 0 atom stereocenters. The summed E-state index contributed by atoms with van der Waals surface area (Å²) in [6.45, 7) is 0. The number of hydrogen-bond donors (Lipinski definition) is 0. The molecule has 0 saturated carbocycles. The summed E-state index contributed by atoms with van der Waals surface area (Å²) in [4.78, 5) is 2.50. The second-order valence-electron chi connectivity index (χ2n) is 8.95. The molecule has 0 fully saturated rings. The van der Waals surface area contributed by atoms with Gasteiger partial charge in [-0.3, -0.25) is 0 Å². The van der Waals surface area contributed by atoms with Crippen molar-refractivity contribution >= 4 is 44.0 Å². The molecule has 3 heterocycles. The summed E-state index contributed by atoms with van der Waals surface area (Å²) in [6.07, 6.45) is 0. The first kappa shape index (κ1) is 19.0. The topological polar surface area (TPSA) is 22.4 Å². The van der Waals surface area contributed by atoms with E-state index in [0.29, 0.717) is 0 Å². The lowest BCUT2D eigenvalue weighted by Crippen LogP contribution is -1.97. The van der Waals surface area contributed by atoms with E-state index in [1.165, 1.54) is 37.2 Å². The summed E-state index contributed by atoms with van der Waals surface area (Å²) in [5.74, 6) is 1.84. The van der Waals surface area contributed by atoms with Crippen LogP contribution in [-0.2, 0) is 0 Å². The van der Waals surface area contributed by atoms with Gasteiger partial charge in [0.1, 0.15) is 22.7 Å². The van der Waals surface area contributed by atoms with E-state index in [2.05, 4.69) is 84.9 Å². The van der Waals surface area contributed by atoms with Gasteiger partial charge in [0.05, 0.1) is 0 Å². The molecule has 0 spiro atoms. The van der Waals surface area contributed by atoms with E-state index in [4.69, 9.17) is 9.15 Å². The van der Waals surface area contributed by atoms with Crippen molar-refractivity contribution in [1.82, 2.24) is 0 Å². The number of hydrogen-bond acceptors (Lipinski definition) is 3. The Morgan fingerprint density at radius 3 is 2.29 bits per heavy atom. The van der Waals surface area contributed by atoms with E-state index in [1.807, 2.05) is 35.6 Å². The first-order valence-electron chi connectivity index (χ1n) is 11.7. The molecule has 2 nitrogen and oxygen atoms in total. The molecule has 164 valence electrons. The van der Waals surface area contributed by atoms with E-state index in [1.54, 1.807) is 0 Å². The summed E-state index contributed by atoms with van der Waals surface area (Å²) < 4.78 is 12.2. The molecule has 2 aromatic heterocycles. The fraction of sp³-hybridized carbons (Fsp3) is 0. The van der Waals surface area contributed by atoms with Gasteiger partial charge in [-0.05, 0) is 82.7 Å². The van der Waals surface area contributed by atoms with Crippen molar-refractivity contribution in [2.24, 2.45) is 0 Å². The third-order valence-corrected chi connectivity index (χ3v) is 8.07. The zero-order chi connectivity index (χ0) is 22.9. The predicted molar refractivity (Wildman–Crippen MR) is 145 cm³/mol. The van der Waals surface area contributed by atoms with Gasteiger partial charge in [-0.2, -0.15) is 0 Å². The molecule has 35 heavy (non-hydrogen) atoms. The minimum absolute atomic E-state index is 0.914. The fourth-order valence-electron chi connectivity index (χ4n) is 5.26. The Bertz CT molecular complexity index is 1940. The van der Waals surface area contributed by atoms with Crippen LogP contribution in [0.2, 0.25) is 0 Å². The van der Waals surface area contributed by atoms with Crippen LogP contribution in [0.3, 0.4) is 0 Å². The highest BCUT2D eigenvalue weighted by Gasteiger charge is 2.21. The van der Waals surface area contributed by atoms with Crippen molar-refractivity contribution in [3.63, 3.8) is 0 Å². The van der Waals surface area contributed by atoms with Gasteiger partial charge in [-0.15, -0.1) is 11.3 Å². The molecule has 0 aliphatic carbocycles. The van der Waals surface area contributed by atoms with Crippen molar-refractivity contribution in [2.45, 2.75) is 0 Å². The van der Waals surface area contributed by atoms with E-state index in [9.17, 15) is 0 Å². The Morgan fingerprint density at radius 1 is 0.514 bits per heavy atom. The Morgan fingerprint density at radius 2 is 1.31 bits per heavy atom. The maximum atomic E-state index is 6.21. The molecule has 0 N–H and O–H groups in total. The molecule has 5 aromatic carbocycles. The van der Waals surface area contributed by atoms with Crippen molar-refractivity contribution in [3.05, 3.63) is 109 Å². The van der Waals surface area contributed by atoms with Crippen LogP contribution in [0, 0.1) is 0 Å². The number of fused-ring (bicyclic) bond motifs is 5. The summed E-state index contributed by atoms with van der Waals surface area (Å²) in [5, 5.41) is 4.70. The molecule has 0 unspecified atom stereocenters. The highest BCUT2D eigenvalue weighted by molar-refractivity contribution is 7.18. The molecule has 0 bridgehead atoms. The summed E-state index contributed by atoms with van der Waals surface area (Å²) in [5.41, 5.74) is 6.68. The second-order valence-corrected chi connectivity index (χ2v) is 10.0. The Kier molecular flexibility index (Phi) is 3.85. The molecule has 0 amide bonds. The van der Waals surface area contributed by atoms with Gasteiger partial charge in [0.25, 0.3) is 0 Å². The Hall–Kier alpha value is -4.34. The molecule has 0 saturated heterocycles. The predicted octanol–water partition coefficient (Wildman–Crippen LogP) is 9.91. The molecule has 1 aliphatic rings. The second kappa shape index (κ2) is 7.08. The van der Waals surface area contributed by atoms with Gasteiger partial charge >= 0.3 is 0 Å². The summed E-state index contributed by atoms with van der Waals surface area (Å²) in [7, 11) is 0. The maximum absolute atomic E-state index is 6.21. The van der Waals surface area contributed by atoms with Gasteiger partial charge in [0.15, 0.2) is 0 Å². The van der Waals surface area contributed by atoms with Crippen molar-refractivity contribution in [3.8, 4) is 43.5 Å². The number of thiophene rings is 1. The zero-order valence-electron chi connectivity index (χ0n) is 18.6. The van der Waals surface area contributed by atoms with Crippen molar-refractivity contribution in [2.75, 3.05) is 0 Å². The van der Waals surface area contributed by atoms with Crippen LogP contribution >= 0.6 is 11.3 Å². The molecule has 0 radical (unpaired) electrons. The van der Waals surface area contributed by atoms with Crippen LogP contribution in [0.25, 0.3) is 64.7 Å². The lowest BCUT2D eigenvalue weighted by atomic mass is 9.92. The van der Waals surface area contributed by atoms with Gasteiger partial charge in [0.2, 0.25) is 0 Å². The first-order chi connectivity index (χ1) is 17.3. The van der Waals surface area contributed by atoms with E-state index < -0.39 is 0 Å². The normalized spacial score (nSPS) is 12.2. The average molecular weight is 467 g/mol. The van der Waals surface area contributed by atoms with Crippen molar-refractivity contribution in [1.29, 1.82) is 0 Å². The van der Waals surface area contributed by atoms with Crippen LogP contribution in [0.4, 0.5) is 0 Å². The third-order valence-electron chi connectivity index (χ3n) is 6.89. The average Bonchev–Trinajstić information content (AvgIpc) is 3.54. The van der Waals surface area contributed by atoms with Crippen LogP contribution in [0.5, 0.6) is 11.5 Å². The van der Waals surface area contributed by atoms with E-state index in [0.717, 1.165) is 39.0 Å². The standard InChI is InChI=1S/C32H18O2S/c1-3-9-26-22(7-1)24-17-19(12-13-28(24)33-26)30-14-15-31(35-30)21-16-20-6-5-11-29-32(20)25(18-21)23-8-2-4-10-27(23)34-29/h1-18H. The first-order valence-corrected chi connectivity index (χ1v) is 12.5. The van der Waals surface area contributed by atoms with Gasteiger partial charge < -0.3 is 9.15 Å². The zero-order valence-corrected chi connectivity index (χ0v) is 19.4. The van der Waals surface area contributed by atoms with Gasteiger partial charge in [0, 0.05) is 31.5 Å². The Balaban J connectivity index is 1.28. The molecule has 7 aromatic rings. The number of rotatable bonds is 2. The Labute approximate surface area is 205 Å². The fourth-order valence-corrected chi connectivity index (χ4v) is 6.25. The molecule has 3 heteroatoms. The van der Waals surface area contributed by atoms with Gasteiger partial charge in [-0.1, -0.05) is 48.5 Å². The van der Waals surface area contributed by atoms with Crippen LogP contribution in [0.15, 0.2) is 114 Å². The largest absolute Gasteiger partial charge is 0.456 e. The summed E-state index contributed by atoms with van der Waals surface area (Å²) in [6, 6.07) is 38.4. The van der Waals surface area contributed by atoms with E-state index >= 15 is 0 Å². The number of benzene rings is 5. The quantitative estimate of drug-likeness (QED) is 0.253. The molecular formula is C32H18O2S. The monoisotopic (exact) mass is 466 g/mol. The SMILES string of the molecule is c1ccc2c(c1)Oc1cccc3cc(-c4ccc(-c5ccc6oc7ccccc7c6c5)s4)cc-2c13. The minimum atomic E-state index is 0.914. The lowest BCUT2D eigenvalue weighted by molar-refractivity contribution is 0.487. The molecule has 1 aliphatic heterocycles. The minimum Gasteiger partial charge on any atom is -0.456 e. The van der Waals surface area contributed by atoms with Crippen LogP contribution in [0.1, 0.15) is 0 Å². The van der Waals surface area contributed by atoms with Gasteiger partial charge in [-0.25, -0.2) is 0 Å². The number of furan rings is 1. The van der Waals surface area contributed by atoms with Crippen LogP contribution in [-0.4, -0.2) is 0 Å². The maximum Gasteiger partial charge on any atom is 0.135 e. The van der Waals surface area contributed by atoms with E-state index in [-0.39, 0.29) is 0 Å². The smallest absolute Gasteiger partial charge is 0.135 e. The summed E-state index contributed by atoms with van der Waals surface area (Å²) >= 11 is 1.83. The number of para-hydroxylation sites is 2. The van der Waals surface area contributed by atoms with Crippen LogP contribution < -0.4 is 4.74 Å². The number of ether oxygens (including phenoxy) is 1.